The van der Waals surface area contributed by atoms with Gasteiger partial charge in [-0.05, 0) is 32.6 Å². The van der Waals surface area contributed by atoms with Crippen LogP contribution in [0.1, 0.15) is 33.6 Å². The maximum absolute atomic E-state index is 11.5. The van der Waals surface area contributed by atoms with Gasteiger partial charge in [-0.15, -0.1) is 0 Å². The van der Waals surface area contributed by atoms with E-state index in [4.69, 9.17) is 10.5 Å². The predicted molar refractivity (Wildman–Crippen MR) is 64.0 cm³/mol. The summed E-state index contributed by atoms with van der Waals surface area (Å²) in [5.74, 6) is 0.350. The smallest absolute Gasteiger partial charge is 0.326 e. The third-order valence-corrected chi connectivity index (χ3v) is 3.43. The van der Waals surface area contributed by atoms with Crippen molar-refractivity contribution in [3.8, 4) is 0 Å². The van der Waals surface area contributed by atoms with E-state index in [0.29, 0.717) is 18.5 Å². The van der Waals surface area contributed by atoms with Crippen LogP contribution in [0.3, 0.4) is 0 Å². The number of piperidine rings is 1. The number of likely N-dealkylation sites (tertiary alicyclic amines) is 1. The first-order valence-corrected chi connectivity index (χ1v) is 5.98. The van der Waals surface area contributed by atoms with Gasteiger partial charge in [-0.2, -0.15) is 0 Å². The average Bonchev–Trinajstić information content (AvgIpc) is 2.22. The maximum Gasteiger partial charge on any atom is 0.326 e. The number of carbonyl (C=O) groups is 1. The van der Waals surface area contributed by atoms with Crippen molar-refractivity contribution in [2.45, 2.75) is 45.2 Å². The van der Waals surface area contributed by atoms with E-state index in [0.717, 1.165) is 6.54 Å². The zero-order valence-corrected chi connectivity index (χ0v) is 10.8. The zero-order chi connectivity index (χ0) is 12.3. The molecule has 0 bridgehead atoms. The van der Waals surface area contributed by atoms with Crippen LogP contribution < -0.4 is 5.73 Å². The highest BCUT2D eigenvalue weighted by atomic mass is 16.5. The van der Waals surface area contributed by atoms with E-state index >= 15 is 0 Å². The van der Waals surface area contributed by atoms with Gasteiger partial charge in [0.2, 0.25) is 0 Å². The molecule has 0 aliphatic carbocycles. The third-order valence-electron chi connectivity index (χ3n) is 3.43. The van der Waals surface area contributed by atoms with Crippen LogP contribution in [-0.4, -0.2) is 42.6 Å². The van der Waals surface area contributed by atoms with Crippen molar-refractivity contribution in [2.24, 2.45) is 11.7 Å². The Kier molecular flexibility index (Phi) is 4.33. The van der Waals surface area contributed by atoms with Crippen LogP contribution in [-0.2, 0) is 9.53 Å². The standard InChI is InChI=1S/C12H24N2O2/c1-9-5-6-10(2)14(7-9)8-12(3,13)11(15)16-4/h9-10H,5-8,13H2,1-4H3. The number of hydrogen-bond acceptors (Lipinski definition) is 4. The Morgan fingerprint density at radius 2 is 2.12 bits per heavy atom. The largest absolute Gasteiger partial charge is 0.468 e. The van der Waals surface area contributed by atoms with Crippen molar-refractivity contribution >= 4 is 5.97 Å². The second-order valence-corrected chi connectivity index (χ2v) is 5.37. The van der Waals surface area contributed by atoms with Gasteiger partial charge in [0.15, 0.2) is 0 Å². The number of hydrogen-bond donors (Lipinski definition) is 1. The van der Waals surface area contributed by atoms with Gasteiger partial charge in [-0.25, -0.2) is 0 Å². The summed E-state index contributed by atoms with van der Waals surface area (Å²) in [5, 5.41) is 0. The van der Waals surface area contributed by atoms with E-state index in [1.165, 1.54) is 20.0 Å². The minimum absolute atomic E-state index is 0.335. The van der Waals surface area contributed by atoms with E-state index in [-0.39, 0.29) is 5.97 Å². The number of esters is 1. The summed E-state index contributed by atoms with van der Waals surface area (Å²) >= 11 is 0. The molecule has 0 amide bonds. The van der Waals surface area contributed by atoms with Crippen LogP contribution in [0, 0.1) is 5.92 Å². The normalized spacial score (nSPS) is 30.8. The zero-order valence-electron chi connectivity index (χ0n) is 10.8. The van der Waals surface area contributed by atoms with Crippen molar-refractivity contribution in [1.82, 2.24) is 4.90 Å². The molecule has 0 aromatic carbocycles. The Morgan fingerprint density at radius 1 is 1.50 bits per heavy atom. The fourth-order valence-electron chi connectivity index (χ4n) is 2.32. The van der Waals surface area contributed by atoms with E-state index in [1.807, 2.05) is 0 Å². The minimum Gasteiger partial charge on any atom is -0.468 e. The van der Waals surface area contributed by atoms with Crippen LogP contribution in [0.4, 0.5) is 0 Å². The lowest BCUT2D eigenvalue weighted by atomic mass is 9.92. The average molecular weight is 228 g/mol. The second-order valence-electron chi connectivity index (χ2n) is 5.37. The van der Waals surface area contributed by atoms with Gasteiger partial charge in [0.1, 0.15) is 5.54 Å². The van der Waals surface area contributed by atoms with Crippen molar-refractivity contribution in [3.63, 3.8) is 0 Å². The lowest BCUT2D eigenvalue weighted by Crippen LogP contribution is -2.57. The Bertz CT molecular complexity index is 253. The molecule has 1 saturated heterocycles. The van der Waals surface area contributed by atoms with Gasteiger partial charge in [-0.1, -0.05) is 6.92 Å². The van der Waals surface area contributed by atoms with E-state index < -0.39 is 5.54 Å². The first-order chi connectivity index (χ1) is 7.36. The fraction of sp³-hybridized carbons (Fsp3) is 0.917. The molecule has 2 N–H and O–H groups in total. The highest BCUT2D eigenvalue weighted by Gasteiger charge is 2.35. The Hall–Kier alpha value is -0.610. The van der Waals surface area contributed by atoms with Gasteiger partial charge in [0.05, 0.1) is 7.11 Å². The van der Waals surface area contributed by atoms with Crippen molar-refractivity contribution < 1.29 is 9.53 Å². The van der Waals surface area contributed by atoms with Crippen molar-refractivity contribution in [2.75, 3.05) is 20.2 Å². The summed E-state index contributed by atoms with van der Waals surface area (Å²) in [7, 11) is 1.38. The quantitative estimate of drug-likeness (QED) is 0.732. The topological polar surface area (TPSA) is 55.6 Å². The molecule has 0 saturated carbocycles. The molecular weight excluding hydrogens is 204 g/mol. The van der Waals surface area contributed by atoms with Crippen molar-refractivity contribution in [1.29, 1.82) is 0 Å². The van der Waals surface area contributed by atoms with E-state index in [1.54, 1.807) is 6.92 Å². The molecule has 4 nitrogen and oxygen atoms in total. The van der Waals surface area contributed by atoms with Gasteiger partial charge in [-0.3, -0.25) is 9.69 Å². The molecule has 94 valence electrons. The monoisotopic (exact) mass is 228 g/mol. The molecule has 0 spiro atoms. The molecule has 4 heteroatoms. The van der Waals surface area contributed by atoms with Crippen LogP contribution in [0.5, 0.6) is 0 Å². The Labute approximate surface area is 98.1 Å². The first kappa shape index (κ1) is 13.5. The summed E-state index contributed by atoms with van der Waals surface area (Å²) in [6.45, 7) is 7.77. The lowest BCUT2D eigenvalue weighted by molar-refractivity contribution is -0.147. The number of ether oxygens (including phenoxy) is 1. The van der Waals surface area contributed by atoms with Crippen molar-refractivity contribution in [3.05, 3.63) is 0 Å². The summed E-state index contributed by atoms with van der Waals surface area (Å²) in [6, 6.07) is 0.503. The maximum atomic E-state index is 11.5. The predicted octanol–water partition coefficient (Wildman–Crippen LogP) is 0.997. The Morgan fingerprint density at radius 3 is 2.69 bits per heavy atom. The molecule has 1 aliphatic rings. The number of nitrogens with zero attached hydrogens (tertiary/aromatic N) is 1. The summed E-state index contributed by atoms with van der Waals surface area (Å²) in [6.07, 6.45) is 2.44. The van der Waals surface area contributed by atoms with Gasteiger partial charge in [0, 0.05) is 19.1 Å². The molecule has 0 radical (unpaired) electrons. The van der Waals surface area contributed by atoms with E-state index in [2.05, 4.69) is 18.7 Å². The molecule has 16 heavy (non-hydrogen) atoms. The van der Waals surface area contributed by atoms with Crippen LogP contribution in [0.25, 0.3) is 0 Å². The summed E-state index contributed by atoms with van der Waals surface area (Å²) in [5.41, 5.74) is 5.09. The first-order valence-electron chi connectivity index (χ1n) is 5.98. The second kappa shape index (κ2) is 5.15. The Balaban J connectivity index is 2.60. The molecule has 0 aromatic rings. The van der Waals surface area contributed by atoms with Gasteiger partial charge < -0.3 is 10.5 Å². The van der Waals surface area contributed by atoms with Crippen LogP contribution in [0.15, 0.2) is 0 Å². The molecule has 1 heterocycles. The minimum atomic E-state index is -0.903. The molecule has 1 aliphatic heterocycles. The number of rotatable bonds is 3. The highest BCUT2D eigenvalue weighted by Crippen LogP contribution is 2.22. The van der Waals surface area contributed by atoms with Gasteiger partial charge >= 0.3 is 5.97 Å². The summed E-state index contributed by atoms with van der Waals surface area (Å²) in [4.78, 5) is 13.8. The molecule has 1 fully saturated rings. The number of carbonyl (C=O) groups excluding carboxylic acids is 1. The van der Waals surface area contributed by atoms with E-state index in [9.17, 15) is 4.79 Å². The molecule has 0 aromatic heterocycles. The molecule has 1 rings (SSSR count). The van der Waals surface area contributed by atoms with Crippen LogP contribution in [0.2, 0.25) is 0 Å². The fourth-order valence-corrected chi connectivity index (χ4v) is 2.32. The molecule has 3 atom stereocenters. The summed E-state index contributed by atoms with van der Waals surface area (Å²) < 4.78 is 4.73. The highest BCUT2D eigenvalue weighted by molar-refractivity contribution is 5.80. The third kappa shape index (κ3) is 3.19. The molecule has 3 unspecified atom stereocenters. The van der Waals surface area contributed by atoms with Gasteiger partial charge in [0.25, 0.3) is 0 Å². The number of methoxy groups -OCH3 is 1. The SMILES string of the molecule is COC(=O)C(C)(N)CN1CC(C)CCC1C. The van der Waals surface area contributed by atoms with Crippen LogP contribution >= 0.6 is 0 Å². The lowest BCUT2D eigenvalue weighted by Gasteiger charge is -2.40. The number of nitrogens with two attached hydrogens (primary N) is 1. The molecular formula is C12H24N2O2.